The minimum absolute atomic E-state index is 0.0629. The van der Waals surface area contributed by atoms with Crippen LogP contribution >= 0.6 is 0 Å². The lowest BCUT2D eigenvalue weighted by Crippen LogP contribution is -2.53. The van der Waals surface area contributed by atoms with Crippen molar-refractivity contribution >= 4 is 12.0 Å². The number of halogens is 1. The Hall–Kier alpha value is -1.37. The largest absolute Gasteiger partial charge is 0.444 e. The topological polar surface area (TPSA) is 78.9 Å². The van der Waals surface area contributed by atoms with Crippen LogP contribution in [0.1, 0.15) is 52.9 Å². The second-order valence-electron chi connectivity index (χ2n) is 7.86. The molecule has 2 rings (SSSR count). The van der Waals surface area contributed by atoms with Gasteiger partial charge in [-0.25, -0.2) is 9.18 Å². The van der Waals surface area contributed by atoms with Gasteiger partial charge in [-0.3, -0.25) is 4.79 Å². The summed E-state index contributed by atoms with van der Waals surface area (Å²) in [5, 5.41) is 12.4. The normalized spacial score (nSPS) is 29.2. The molecule has 2 aliphatic rings. The fraction of sp³-hybridized carbons (Fsp3) is 0.882. The van der Waals surface area contributed by atoms with E-state index in [4.69, 9.17) is 4.74 Å². The molecule has 2 amide bonds. The van der Waals surface area contributed by atoms with Crippen LogP contribution in [-0.2, 0) is 9.53 Å². The Balaban J connectivity index is 2.06. The van der Waals surface area contributed by atoms with Gasteiger partial charge < -0.3 is 20.1 Å². The number of aliphatic hydroxyl groups is 1. The van der Waals surface area contributed by atoms with E-state index in [0.29, 0.717) is 38.6 Å². The molecule has 0 bridgehead atoms. The fourth-order valence-corrected chi connectivity index (χ4v) is 3.37. The molecular formula is C17H29FN2O4. The monoisotopic (exact) mass is 344 g/mol. The van der Waals surface area contributed by atoms with E-state index >= 15 is 0 Å². The van der Waals surface area contributed by atoms with E-state index in [9.17, 15) is 19.1 Å². The van der Waals surface area contributed by atoms with Gasteiger partial charge in [0, 0.05) is 6.54 Å². The summed E-state index contributed by atoms with van der Waals surface area (Å²) in [6.45, 7) is 5.74. The zero-order valence-electron chi connectivity index (χ0n) is 14.8. The van der Waals surface area contributed by atoms with E-state index < -0.39 is 23.9 Å². The van der Waals surface area contributed by atoms with E-state index in [-0.39, 0.29) is 24.5 Å². The van der Waals surface area contributed by atoms with Gasteiger partial charge in [-0.1, -0.05) is 0 Å². The molecule has 24 heavy (non-hydrogen) atoms. The second-order valence-corrected chi connectivity index (χ2v) is 7.86. The van der Waals surface area contributed by atoms with Crippen LogP contribution in [0.5, 0.6) is 0 Å². The predicted molar refractivity (Wildman–Crippen MR) is 87.2 cm³/mol. The Bertz CT molecular complexity index is 458. The first-order chi connectivity index (χ1) is 11.2. The van der Waals surface area contributed by atoms with Gasteiger partial charge in [0.1, 0.15) is 17.8 Å². The first-order valence-corrected chi connectivity index (χ1v) is 8.76. The van der Waals surface area contributed by atoms with Gasteiger partial charge in [-0.15, -0.1) is 0 Å². The van der Waals surface area contributed by atoms with Crippen LogP contribution in [0, 0.1) is 5.92 Å². The number of nitrogens with one attached hydrogen (secondary N) is 1. The number of likely N-dealkylation sites (tertiary alicyclic amines) is 1. The van der Waals surface area contributed by atoms with Crippen molar-refractivity contribution in [2.24, 2.45) is 5.92 Å². The van der Waals surface area contributed by atoms with Crippen LogP contribution in [0.25, 0.3) is 0 Å². The maximum Gasteiger partial charge on any atom is 0.408 e. The molecular weight excluding hydrogens is 315 g/mol. The lowest BCUT2D eigenvalue weighted by molar-refractivity contribution is -0.134. The van der Waals surface area contributed by atoms with Crippen molar-refractivity contribution < 1.29 is 23.8 Å². The highest BCUT2D eigenvalue weighted by Gasteiger charge is 2.38. The molecule has 138 valence electrons. The molecule has 0 aromatic carbocycles. The number of alkyl carbamates (subject to hydrolysis) is 1. The molecule has 2 N–H and O–H groups in total. The van der Waals surface area contributed by atoms with Crippen LogP contribution in [0.3, 0.4) is 0 Å². The molecule has 1 aliphatic heterocycles. The highest BCUT2D eigenvalue weighted by Crippen LogP contribution is 2.29. The maximum absolute atomic E-state index is 13.4. The minimum atomic E-state index is -0.996. The summed E-state index contributed by atoms with van der Waals surface area (Å²) < 4.78 is 18.7. The molecule has 0 radical (unpaired) electrons. The van der Waals surface area contributed by atoms with Crippen molar-refractivity contribution in [1.82, 2.24) is 10.2 Å². The van der Waals surface area contributed by atoms with Crippen LogP contribution in [0.2, 0.25) is 0 Å². The van der Waals surface area contributed by atoms with Gasteiger partial charge in [-0.05, 0) is 58.8 Å². The summed E-state index contributed by atoms with van der Waals surface area (Å²) in [5.74, 6) is -0.311. The van der Waals surface area contributed by atoms with E-state index in [0.717, 1.165) is 0 Å². The highest BCUT2D eigenvalue weighted by molar-refractivity contribution is 5.86. The molecule has 1 saturated carbocycles. The number of carbonyl (C=O) groups is 2. The smallest absolute Gasteiger partial charge is 0.408 e. The van der Waals surface area contributed by atoms with Crippen LogP contribution in [0.4, 0.5) is 9.18 Å². The molecule has 0 spiro atoms. The summed E-state index contributed by atoms with van der Waals surface area (Å²) in [5.41, 5.74) is -0.655. The molecule has 1 saturated heterocycles. The number of amides is 2. The van der Waals surface area contributed by atoms with Crippen molar-refractivity contribution in [3.8, 4) is 0 Å². The van der Waals surface area contributed by atoms with Gasteiger partial charge in [0.25, 0.3) is 0 Å². The van der Waals surface area contributed by atoms with Crippen LogP contribution < -0.4 is 5.32 Å². The number of carbonyl (C=O) groups excluding carboxylic acids is 2. The van der Waals surface area contributed by atoms with Crippen molar-refractivity contribution in [2.75, 3.05) is 13.1 Å². The SMILES string of the molecule is CC(C)(C)OC(=O)NC(C(=O)N1CC[C@H](F)C1)C1CCC(O)CC1. The fourth-order valence-electron chi connectivity index (χ4n) is 3.37. The van der Waals surface area contributed by atoms with Gasteiger partial charge in [0.05, 0.1) is 12.6 Å². The van der Waals surface area contributed by atoms with Crippen LogP contribution in [-0.4, -0.2) is 59.0 Å². The van der Waals surface area contributed by atoms with E-state index in [2.05, 4.69) is 5.32 Å². The third-order valence-electron chi connectivity index (χ3n) is 4.59. The Morgan fingerprint density at radius 1 is 1.21 bits per heavy atom. The first-order valence-electron chi connectivity index (χ1n) is 8.76. The minimum Gasteiger partial charge on any atom is -0.444 e. The standard InChI is InChI=1S/C17H29FN2O4/c1-17(2,3)24-16(23)19-14(11-4-6-13(21)7-5-11)15(22)20-9-8-12(18)10-20/h11-14,21H,4-10H2,1-3H3,(H,19,23)/t11?,12-,13?,14?/m0/s1. The molecule has 1 heterocycles. The molecule has 1 unspecified atom stereocenters. The van der Waals surface area contributed by atoms with Gasteiger partial charge in [-0.2, -0.15) is 0 Å². The molecule has 0 aromatic rings. The van der Waals surface area contributed by atoms with E-state index in [1.54, 1.807) is 20.8 Å². The number of hydrogen-bond donors (Lipinski definition) is 2. The predicted octanol–water partition coefficient (Wildman–Crippen LogP) is 2.00. The zero-order chi connectivity index (χ0) is 17.9. The average Bonchev–Trinajstić information content (AvgIpc) is 2.90. The van der Waals surface area contributed by atoms with Crippen molar-refractivity contribution in [1.29, 1.82) is 0 Å². The zero-order valence-corrected chi connectivity index (χ0v) is 14.8. The van der Waals surface area contributed by atoms with E-state index in [1.165, 1.54) is 4.90 Å². The Labute approximate surface area is 142 Å². The third-order valence-corrected chi connectivity index (χ3v) is 4.59. The molecule has 6 nitrogen and oxygen atoms in total. The number of ether oxygens (including phenoxy) is 1. The summed E-state index contributed by atoms with van der Waals surface area (Å²) in [6.07, 6.45) is 0.883. The number of alkyl halides is 1. The Morgan fingerprint density at radius 3 is 2.33 bits per heavy atom. The molecule has 1 aliphatic carbocycles. The molecule has 7 heteroatoms. The number of aliphatic hydroxyl groups excluding tert-OH is 1. The van der Waals surface area contributed by atoms with E-state index in [1.807, 2.05) is 0 Å². The first kappa shape index (κ1) is 19.0. The maximum atomic E-state index is 13.4. The van der Waals surface area contributed by atoms with Gasteiger partial charge in [0.2, 0.25) is 5.91 Å². The molecule has 2 fully saturated rings. The summed E-state index contributed by atoms with van der Waals surface area (Å²) in [7, 11) is 0. The summed E-state index contributed by atoms with van der Waals surface area (Å²) in [6, 6.07) is -0.724. The quantitative estimate of drug-likeness (QED) is 0.821. The Kier molecular flexibility index (Phi) is 6.06. The van der Waals surface area contributed by atoms with Crippen LogP contribution in [0.15, 0.2) is 0 Å². The number of hydrogen-bond acceptors (Lipinski definition) is 4. The lowest BCUT2D eigenvalue weighted by Gasteiger charge is -2.34. The highest BCUT2D eigenvalue weighted by atomic mass is 19.1. The molecule has 2 atom stereocenters. The average molecular weight is 344 g/mol. The van der Waals surface area contributed by atoms with Gasteiger partial charge >= 0.3 is 6.09 Å². The summed E-state index contributed by atoms with van der Waals surface area (Å²) >= 11 is 0. The lowest BCUT2D eigenvalue weighted by atomic mass is 9.82. The van der Waals surface area contributed by atoms with Crippen molar-refractivity contribution in [3.63, 3.8) is 0 Å². The van der Waals surface area contributed by atoms with Gasteiger partial charge in [0.15, 0.2) is 0 Å². The number of nitrogens with zero attached hydrogens (tertiary/aromatic N) is 1. The second kappa shape index (κ2) is 7.68. The van der Waals surface area contributed by atoms with Crippen molar-refractivity contribution in [2.45, 2.75) is 76.8 Å². The van der Waals surface area contributed by atoms with Crippen molar-refractivity contribution in [3.05, 3.63) is 0 Å². The summed E-state index contributed by atoms with van der Waals surface area (Å²) in [4.78, 5) is 26.4. The number of rotatable bonds is 3. The molecule has 0 aromatic heterocycles. The Morgan fingerprint density at radius 2 is 1.83 bits per heavy atom. The third kappa shape index (κ3) is 5.33.